The van der Waals surface area contributed by atoms with Crippen molar-refractivity contribution in [2.75, 3.05) is 4.90 Å². The molecule has 0 aliphatic heterocycles. The number of hydrogen-bond acceptors (Lipinski definition) is 2. The second kappa shape index (κ2) is 12.6. The summed E-state index contributed by atoms with van der Waals surface area (Å²) in [4.78, 5) is 2.43. The molecule has 0 bridgehead atoms. The lowest BCUT2D eigenvalue weighted by atomic mass is 9.96. The minimum Gasteiger partial charge on any atom is -0.455 e. The van der Waals surface area contributed by atoms with Crippen molar-refractivity contribution in [2.24, 2.45) is 0 Å². The van der Waals surface area contributed by atoms with Crippen molar-refractivity contribution in [1.82, 2.24) is 4.57 Å². The summed E-state index contributed by atoms with van der Waals surface area (Å²) in [5, 5.41) is 7.15. The molecule has 0 saturated heterocycles. The van der Waals surface area contributed by atoms with Gasteiger partial charge in [-0.2, -0.15) is 0 Å². The highest BCUT2D eigenvalue weighted by Gasteiger charge is 2.24. The maximum atomic E-state index is 6.66. The van der Waals surface area contributed by atoms with Crippen LogP contribution >= 0.6 is 0 Å². The van der Waals surface area contributed by atoms with E-state index in [1.807, 2.05) is 6.07 Å². The van der Waals surface area contributed by atoms with Gasteiger partial charge in [0.05, 0.1) is 28.1 Å². The Morgan fingerprint density at radius 1 is 0.382 bits per heavy atom. The highest BCUT2D eigenvalue weighted by molar-refractivity contribution is 6.12. The Morgan fingerprint density at radius 2 is 0.945 bits per heavy atom. The van der Waals surface area contributed by atoms with Crippen molar-refractivity contribution in [3.05, 3.63) is 206 Å². The largest absolute Gasteiger partial charge is 0.455 e. The first-order valence-corrected chi connectivity index (χ1v) is 18.8. The van der Waals surface area contributed by atoms with Crippen LogP contribution in [0.5, 0.6) is 0 Å². The van der Waals surface area contributed by atoms with E-state index in [4.69, 9.17) is 4.42 Å². The van der Waals surface area contributed by atoms with Gasteiger partial charge in [-0.1, -0.05) is 158 Å². The molecule has 55 heavy (non-hydrogen) atoms. The molecule has 3 nitrogen and oxygen atoms in total. The standard InChI is InChI=1S/C52H34N2O/c1-2-20-38-35(16-1)17-14-25-39(38)36-18-13-19-37(34-36)53(46-28-7-5-23-42(46)44-26-15-27-45-43-24-6-12-33-51(43)55-52(44)45)49-31-10-11-32-50(49)54-47-29-8-3-21-40(47)41-22-4-9-30-48(41)54/h1-34H. The average molecular weight is 703 g/mol. The highest BCUT2D eigenvalue weighted by Crippen LogP contribution is 2.47. The second-order valence-electron chi connectivity index (χ2n) is 14.1. The molecule has 2 aromatic heterocycles. The minimum atomic E-state index is 0.885. The first-order chi connectivity index (χ1) is 27.3. The van der Waals surface area contributed by atoms with E-state index < -0.39 is 0 Å². The van der Waals surface area contributed by atoms with Gasteiger partial charge in [-0.3, -0.25) is 0 Å². The van der Waals surface area contributed by atoms with Crippen LogP contribution in [-0.2, 0) is 0 Å². The van der Waals surface area contributed by atoms with E-state index >= 15 is 0 Å². The van der Waals surface area contributed by atoms with E-state index in [0.717, 1.165) is 61.4 Å². The molecule has 9 aromatic carbocycles. The number of hydrogen-bond donors (Lipinski definition) is 0. The second-order valence-corrected chi connectivity index (χ2v) is 14.1. The Morgan fingerprint density at radius 3 is 1.78 bits per heavy atom. The Labute approximate surface area is 318 Å². The van der Waals surface area contributed by atoms with Gasteiger partial charge in [0.2, 0.25) is 0 Å². The van der Waals surface area contributed by atoms with Gasteiger partial charge in [0.25, 0.3) is 0 Å². The van der Waals surface area contributed by atoms with E-state index in [9.17, 15) is 0 Å². The molecule has 0 atom stereocenters. The number of fused-ring (bicyclic) bond motifs is 7. The van der Waals surface area contributed by atoms with Crippen molar-refractivity contribution >= 4 is 71.6 Å². The molecule has 0 radical (unpaired) electrons. The van der Waals surface area contributed by atoms with E-state index in [1.165, 1.54) is 38.1 Å². The molecule has 11 aromatic rings. The van der Waals surface area contributed by atoms with Crippen molar-refractivity contribution in [1.29, 1.82) is 0 Å². The maximum absolute atomic E-state index is 6.66. The number of anilines is 3. The first kappa shape index (κ1) is 31.2. The summed E-state index contributed by atoms with van der Waals surface area (Å²) < 4.78 is 9.08. The van der Waals surface area contributed by atoms with Crippen LogP contribution in [0.25, 0.3) is 82.5 Å². The number of furan rings is 1. The van der Waals surface area contributed by atoms with Crippen molar-refractivity contribution in [3.63, 3.8) is 0 Å². The lowest BCUT2D eigenvalue weighted by molar-refractivity contribution is 0.670. The fourth-order valence-corrected chi connectivity index (χ4v) is 8.58. The third kappa shape index (κ3) is 4.98. The smallest absolute Gasteiger partial charge is 0.143 e. The quantitative estimate of drug-likeness (QED) is 0.172. The molecule has 0 aliphatic carbocycles. The third-order valence-corrected chi connectivity index (χ3v) is 11.0. The average Bonchev–Trinajstić information content (AvgIpc) is 3.80. The maximum Gasteiger partial charge on any atom is 0.143 e. The molecule has 0 spiro atoms. The molecule has 11 rings (SSSR count). The third-order valence-electron chi connectivity index (χ3n) is 11.0. The van der Waals surface area contributed by atoms with E-state index in [-0.39, 0.29) is 0 Å². The fraction of sp³-hybridized carbons (Fsp3) is 0. The Balaban J connectivity index is 1.21. The van der Waals surface area contributed by atoms with Gasteiger partial charge < -0.3 is 13.9 Å². The van der Waals surface area contributed by atoms with Crippen LogP contribution in [0.4, 0.5) is 17.1 Å². The predicted molar refractivity (Wildman–Crippen MR) is 231 cm³/mol. The Bertz CT molecular complexity index is 3180. The first-order valence-electron chi connectivity index (χ1n) is 18.8. The molecule has 0 saturated carbocycles. The summed E-state index contributed by atoms with van der Waals surface area (Å²) in [6.45, 7) is 0. The summed E-state index contributed by atoms with van der Waals surface area (Å²) in [5.41, 5.74) is 12.9. The topological polar surface area (TPSA) is 21.3 Å². The summed E-state index contributed by atoms with van der Waals surface area (Å²) >= 11 is 0. The summed E-state index contributed by atoms with van der Waals surface area (Å²) in [5.74, 6) is 0. The lowest BCUT2D eigenvalue weighted by Crippen LogP contribution is -2.14. The summed E-state index contributed by atoms with van der Waals surface area (Å²) in [6.07, 6.45) is 0. The van der Waals surface area contributed by atoms with Crippen LogP contribution in [0.3, 0.4) is 0 Å². The number of nitrogens with zero attached hydrogens (tertiary/aromatic N) is 2. The SMILES string of the molecule is c1cc(-c2cccc3ccccc23)cc(N(c2ccccc2-c2cccc3c2oc2ccccc23)c2ccccc2-n2c3ccccc3c3ccccc32)c1. The Hall–Kier alpha value is -7.36. The molecule has 0 fully saturated rings. The normalized spacial score (nSPS) is 11.6. The zero-order valence-electron chi connectivity index (χ0n) is 29.9. The molecule has 258 valence electrons. The fourth-order valence-electron chi connectivity index (χ4n) is 8.58. The van der Waals surface area contributed by atoms with Gasteiger partial charge in [-0.05, 0) is 70.4 Å². The van der Waals surface area contributed by atoms with Crippen LogP contribution in [0.2, 0.25) is 0 Å². The van der Waals surface area contributed by atoms with Gasteiger partial charge in [0, 0.05) is 38.4 Å². The van der Waals surface area contributed by atoms with E-state index in [1.54, 1.807) is 0 Å². The molecule has 0 N–H and O–H groups in total. The van der Waals surface area contributed by atoms with Gasteiger partial charge >= 0.3 is 0 Å². The zero-order valence-corrected chi connectivity index (χ0v) is 29.9. The Kier molecular flexibility index (Phi) is 7.17. The van der Waals surface area contributed by atoms with Crippen molar-refractivity contribution in [2.45, 2.75) is 0 Å². The molecule has 0 aliphatic rings. The van der Waals surface area contributed by atoms with Crippen LogP contribution in [-0.4, -0.2) is 4.57 Å². The van der Waals surface area contributed by atoms with Gasteiger partial charge in [0.1, 0.15) is 11.2 Å². The van der Waals surface area contributed by atoms with E-state index in [2.05, 4.69) is 210 Å². The van der Waals surface area contributed by atoms with Crippen LogP contribution < -0.4 is 4.90 Å². The molecular weight excluding hydrogens is 669 g/mol. The van der Waals surface area contributed by atoms with Gasteiger partial charge in [0.15, 0.2) is 0 Å². The predicted octanol–water partition coefficient (Wildman–Crippen LogP) is 14.6. The zero-order chi connectivity index (χ0) is 36.3. The molecule has 2 heterocycles. The molecule has 0 unspecified atom stereocenters. The monoisotopic (exact) mass is 702 g/mol. The molecule has 3 heteroatoms. The van der Waals surface area contributed by atoms with Gasteiger partial charge in [-0.25, -0.2) is 0 Å². The summed E-state index contributed by atoms with van der Waals surface area (Å²) in [7, 11) is 0. The van der Waals surface area contributed by atoms with Crippen LogP contribution in [0, 0.1) is 0 Å². The van der Waals surface area contributed by atoms with Crippen LogP contribution in [0.1, 0.15) is 0 Å². The number of para-hydroxylation sites is 7. The van der Waals surface area contributed by atoms with Crippen molar-refractivity contribution < 1.29 is 4.42 Å². The highest BCUT2D eigenvalue weighted by atomic mass is 16.3. The van der Waals surface area contributed by atoms with Crippen LogP contribution in [0.15, 0.2) is 211 Å². The molecular formula is C52H34N2O. The van der Waals surface area contributed by atoms with Crippen molar-refractivity contribution in [3.8, 4) is 27.9 Å². The number of aromatic nitrogens is 1. The number of benzene rings is 9. The van der Waals surface area contributed by atoms with Gasteiger partial charge in [-0.15, -0.1) is 0 Å². The molecule has 0 amide bonds. The lowest BCUT2D eigenvalue weighted by Gasteiger charge is -2.30. The minimum absolute atomic E-state index is 0.885. The van der Waals surface area contributed by atoms with E-state index in [0.29, 0.717) is 0 Å². The summed E-state index contributed by atoms with van der Waals surface area (Å²) in [6, 6.07) is 74.0. The number of rotatable bonds is 6.